The minimum Gasteiger partial charge on any atom is -0.304 e. The van der Waals surface area contributed by atoms with E-state index in [1.165, 1.54) is 10.9 Å². The van der Waals surface area contributed by atoms with Crippen molar-refractivity contribution >= 4 is 34.0 Å². The summed E-state index contributed by atoms with van der Waals surface area (Å²) >= 11 is 3.36. The van der Waals surface area contributed by atoms with Crippen LogP contribution in [0.2, 0.25) is 0 Å². The topological polar surface area (TPSA) is 43.6 Å². The highest BCUT2D eigenvalue weighted by molar-refractivity contribution is 7.98. The number of aromatic nitrogens is 4. The van der Waals surface area contributed by atoms with Gasteiger partial charge in [-0.3, -0.25) is 4.98 Å². The Morgan fingerprint density at radius 2 is 2.00 bits per heavy atom. The third-order valence-electron chi connectivity index (χ3n) is 3.65. The first-order valence-electron chi connectivity index (χ1n) is 7.21. The maximum atomic E-state index is 4.51. The van der Waals surface area contributed by atoms with Crippen molar-refractivity contribution in [3.63, 3.8) is 0 Å². The Morgan fingerprint density at radius 3 is 2.87 bits per heavy atom. The van der Waals surface area contributed by atoms with E-state index in [-0.39, 0.29) is 0 Å². The van der Waals surface area contributed by atoms with Gasteiger partial charge in [0.2, 0.25) is 0 Å². The van der Waals surface area contributed by atoms with E-state index in [1.54, 1.807) is 23.1 Å². The molecular weight excluding hydrogens is 324 g/mol. The zero-order valence-corrected chi connectivity index (χ0v) is 14.1. The van der Waals surface area contributed by atoms with E-state index in [0.29, 0.717) is 0 Å². The first-order valence-corrected chi connectivity index (χ1v) is 9.08. The highest BCUT2D eigenvalue weighted by Gasteiger charge is 2.12. The summed E-state index contributed by atoms with van der Waals surface area (Å²) in [7, 11) is 2.01. The molecule has 0 saturated heterocycles. The van der Waals surface area contributed by atoms with Gasteiger partial charge in [-0.15, -0.1) is 21.5 Å². The third-order valence-corrected chi connectivity index (χ3v) is 5.58. The number of thiophene rings is 1. The molecule has 0 aliphatic carbocycles. The zero-order valence-electron chi connectivity index (χ0n) is 12.5. The molecule has 0 aliphatic rings. The van der Waals surface area contributed by atoms with Crippen molar-refractivity contribution in [2.24, 2.45) is 7.05 Å². The monoisotopic (exact) mass is 338 g/mol. The second-order valence-corrected chi connectivity index (χ2v) is 7.01. The number of benzene rings is 1. The summed E-state index contributed by atoms with van der Waals surface area (Å²) in [6.45, 7) is 0. The van der Waals surface area contributed by atoms with Crippen LogP contribution >= 0.6 is 23.1 Å². The van der Waals surface area contributed by atoms with Crippen LogP contribution in [0.25, 0.3) is 21.6 Å². The van der Waals surface area contributed by atoms with Gasteiger partial charge in [-0.2, -0.15) is 0 Å². The number of pyridine rings is 1. The summed E-state index contributed by atoms with van der Waals surface area (Å²) in [5.74, 6) is 1.74. The fraction of sp³-hybridized carbons (Fsp3) is 0.118. The van der Waals surface area contributed by atoms with Crippen molar-refractivity contribution in [2.75, 3.05) is 0 Å². The number of para-hydroxylation sites is 1. The predicted molar refractivity (Wildman–Crippen MR) is 95.6 cm³/mol. The fourth-order valence-corrected chi connectivity index (χ4v) is 4.13. The molecule has 0 fully saturated rings. The maximum absolute atomic E-state index is 4.51. The Hall–Kier alpha value is -2.18. The van der Waals surface area contributed by atoms with Gasteiger partial charge in [0.1, 0.15) is 0 Å². The molecule has 0 N–H and O–H groups in total. The van der Waals surface area contributed by atoms with Crippen LogP contribution in [0, 0.1) is 0 Å². The molecule has 6 heteroatoms. The Bertz CT molecular complexity index is 939. The first-order chi connectivity index (χ1) is 11.3. The van der Waals surface area contributed by atoms with Crippen LogP contribution in [0.4, 0.5) is 0 Å². The van der Waals surface area contributed by atoms with Crippen LogP contribution < -0.4 is 0 Å². The van der Waals surface area contributed by atoms with Crippen LogP contribution in [0.5, 0.6) is 0 Å². The molecule has 3 heterocycles. The molecule has 3 aromatic heterocycles. The first kappa shape index (κ1) is 14.4. The summed E-state index contributed by atoms with van der Waals surface area (Å²) in [4.78, 5) is 5.64. The Morgan fingerprint density at radius 1 is 1.09 bits per heavy atom. The normalized spacial score (nSPS) is 11.2. The number of hydrogen-bond acceptors (Lipinski definition) is 5. The van der Waals surface area contributed by atoms with Gasteiger partial charge < -0.3 is 4.57 Å². The van der Waals surface area contributed by atoms with E-state index in [9.17, 15) is 0 Å². The van der Waals surface area contributed by atoms with Gasteiger partial charge in [0.15, 0.2) is 11.0 Å². The SMILES string of the molecule is Cn1c(SCc2cccc3cccnc23)nnc1-c1cccs1. The largest absolute Gasteiger partial charge is 0.304 e. The quantitative estimate of drug-likeness (QED) is 0.518. The number of hydrogen-bond donors (Lipinski definition) is 0. The standard InChI is InChI=1S/C17H14N4S2/c1-21-16(14-8-4-10-22-14)19-20-17(21)23-11-13-6-2-5-12-7-3-9-18-15(12)13/h2-10H,11H2,1H3. The summed E-state index contributed by atoms with van der Waals surface area (Å²) < 4.78 is 2.05. The van der Waals surface area contributed by atoms with Gasteiger partial charge in [-0.25, -0.2) is 0 Å². The lowest BCUT2D eigenvalue weighted by atomic mass is 10.1. The van der Waals surface area contributed by atoms with Crippen LogP contribution in [-0.4, -0.2) is 19.7 Å². The zero-order chi connectivity index (χ0) is 15.6. The van der Waals surface area contributed by atoms with E-state index in [1.807, 2.05) is 25.4 Å². The molecule has 0 bridgehead atoms. The second-order valence-electron chi connectivity index (χ2n) is 5.12. The maximum Gasteiger partial charge on any atom is 0.191 e. The van der Waals surface area contributed by atoms with Crippen molar-refractivity contribution in [1.29, 1.82) is 0 Å². The van der Waals surface area contributed by atoms with Gasteiger partial charge >= 0.3 is 0 Å². The average Bonchev–Trinajstić information content (AvgIpc) is 3.23. The van der Waals surface area contributed by atoms with E-state index in [2.05, 4.69) is 55.5 Å². The number of thioether (sulfide) groups is 1. The van der Waals surface area contributed by atoms with Crippen molar-refractivity contribution in [3.05, 3.63) is 59.6 Å². The van der Waals surface area contributed by atoms with Crippen LogP contribution in [0.15, 0.2) is 59.2 Å². The van der Waals surface area contributed by atoms with Gasteiger partial charge in [0.25, 0.3) is 0 Å². The fourth-order valence-electron chi connectivity index (χ4n) is 2.49. The Labute approximate surface area is 142 Å². The molecule has 0 aliphatic heterocycles. The molecule has 0 saturated carbocycles. The van der Waals surface area contributed by atoms with Gasteiger partial charge in [0, 0.05) is 24.4 Å². The second kappa shape index (κ2) is 6.14. The molecule has 4 aromatic rings. The molecule has 0 spiro atoms. The highest BCUT2D eigenvalue weighted by Crippen LogP contribution is 2.29. The lowest BCUT2D eigenvalue weighted by Crippen LogP contribution is -1.94. The summed E-state index contributed by atoms with van der Waals surface area (Å²) in [5.41, 5.74) is 2.27. The molecule has 0 unspecified atom stereocenters. The average molecular weight is 338 g/mol. The minimum absolute atomic E-state index is 0.824. The van der Waals surface area contributed by atoms with Gasteiger partial charge in [0.05, 0.1) is 10.4 Å². The van der Waals surface area contributed by atoms with Gasteiger partial charge in [-0.1, -0.05) is 42.1 Å². The van der Waals surface area contributed by atoms with Crippen LogP contribution in [-0.2, 0) is 12.8 Å². The molecule has 114 valence electrons. The predicted octanol–water partition coefficient (Wildman–Crippen LogP) is 4.38. The van der Waals surface area contributed by atoms with E-state index < -0.39 is 0 Å². The lowest BCUT2D eigenvalue weighted by molar-refractivity contribution is 0.794. The number of fused-ring (bicyclic) bond motifs is 1. The van der Waals surface area contributed by atoms with E-state index in [4.69, 9.17) is 0 Å². The number of nitrogens with zero attached hydrogens (tertiary/aromatic N) is 4. The molecule has 1 aromatic carbocycles. The number of rotatable bonds is 4. The molecule has 0 radical (unpaired) electrons. The van der Waals surface area contributed by atoms with Crippen LogP contribution in [0.3, 0.4) is 0 Å². The third kappa shape index (κ3) is 2.75. The van der Waals surface area contributed by atoms with Gasteiger partial charge in [-0.05, 0) is 23.1 Å². The molecular formula is C17H14N4S2. The Kier molecular flexibility index (Phi) is 3.85. The molecule has 4 nitrogen and oxygen atoms in total. The summed E-state index contributed by atoms with van der Waals surface area (Å²) in [5, 5.41) is 12.8. The lowest BCUT2D eigenvalue weighted by Gasteiger charge is -2.05. The van der Waals surface area contributed by atoms with Crippen molar-refractivity contribution < 1.29 is 0 Å². The highest BCUT2D eigenvalue weighted by atomic mass is 32.2. The summed E-state index contributed by atoms with van der Waals surface area (Å²) in [6.07, 6.45) is 1.84. The molecule has 0 atom stereocenters. The smallest absolute Gasteiger partial charge is 0.191 e. The van der Waals surface area contributed by atoms with Crippen molar-refractivity contribution in [2.45, 2.75) is 10.9 Å². The van der Waals surface area contributed by atoms with Crippen molar-refractivity contribution in [1.82, 2.24) is 19.7 Å². The van der Waals surface area contributed by atoms with Crippen LogP contribution in [0.1, 0.15) is 5.56 Å². The minimum atomic E-state index is 0.824. The van der Waals surface area contributed by atoms with E-state index in [0.717, 1.165) is 27.1 Å². The molecule has 23 heavy (non-hydrogen) atoms. The van der Waals surface area contributed by atoms with E-state index >= 15 is 0 Å². The Balaban J connectivity index is 1.60. The van der Waals surface area contributed by atoms with Crippen molar-refractivity contribution in [3.8, 4) is 10.7 Å². The molecule has 0 amide bonds. The summed E-state index contributed by atoms with van der Waals surface area (Å²) in [6, 6.07) is 14.4. The molecule has 4 rings (SSSR count).